The maximum absolute atomic E-state index is 13.8. The van der Waals surface area contributed by atoms with Crippen molar-refractivity contribution in [3.8, 4) is 0 Å². The zero-order valence-electron chi connectivity index (χ0n) is 52.1. The largest absolute Gasteiger partial charge is 0.445 e. The zero-order valence-corrected chi connectivity index (χ0v) is 52.1. The van der Waals surface area contributed by atoms with E-state index in [1.807, 2.05) is 18.7 Å². The van der Waals surface area contributed by atoms with Gasteiger partial charge in [0.25, 0.3) is 17.7 Å². The van der Waals surface area contributed by atoms with E-state index in [1.54, 1.807) is 79.6 Å². The number of amidine groups is 1. The van der Waals surface area contributed by atoms with Crippen molar-refractivity contribution < 1.29 is 71.6 Å². The zero-order chi connectivity index (χ0) is 65.7. The van der Waals surface area contributed by atoms with Gasteiger partial charge < -0.3 is 76.9 Å². The number of nitrogens with one attached hydrogen (secondary N) is 6. The van der Waals surface area contributed by atoms with Crippen LogP contribution in [0.1, 0.15) is 105 Å². The van der Waals surface area contributed by atoms with E-state index in [1.165, 1.54) is 12.2 Å². The van der Waals surface area contributed by atoms with E-state index in [2.05, 4.69) is 41.9 Å². The fraction of sp³-hybridized carbons (Fsp3) is 0.492. The predicted molar refractivity (Wildman–Crippen MR) is 336 cm³/mol. The highest BCUT2D eigenvalue weighted by atomic mass is 16.6. The third-order valence-corrected chi connectivity index (χ3v) is 14.4. The number of imide groups is 1. The number of carbonyl (C=O) groups is 10. The third kappa shape index (κ3) is 23.6. The van der Waals surface area contributed by atoms with Crippen LogP contribution in [0.25, 0.3) is 6.08 Å². The molecule has 0 unspecified atom stereocenters. The van der Waals surface area contributed by atoms with Gasteiger partial charge in [0.15, 0.2) is 0 Å². The van der Waals surface area contributed by atoms with Gasteiger partial charge in [-0.25, -0.2) is 14.6 Å². The second-order valence-corrected chi connectivity index (χ2v) is 22.0. The molecule has 492 valence electrons. The fourth-order valence-electron chi connectivity index (χ4n) is 9.70. The molecule has 0 saturated carbocycles. The van der Waals surface area contributed by atoms with Crippen molar-refractivity contribution in [2.24, 2.45) is 22.4 Å². The van der Waals surface area contributed by atoms with Crippen LogP contribution < -0.4 is 43.4 Å². The lowest BCUT2D eigenvalue weighted by Gasteiger charge is -2.28. The first kappa shape index (κ1) is 71.0. The van der Waals surface area contributed by atoms with Gasteiger partial charge >= 0.3 is 12.1 Å². The Balaban J connectivity index is 0.883. The summed E-state index contributed by atoms with van der Waals surface area (Å²) in [7, 11) is 0. The fourth-order valence-corrected chi connectivity index (χ4v) is 9.70. The van der Waals surface area contributed by atoms with Crippen LogP contribution in [0.5, 0.6) is 0 Å². The monoisotopic (exact) mass is 1260 g/mol. The summed E-state index contributed by atoms with van der Waals surface area (Å²) in [4.78, 5) is 141. The highest BCUT2D eigenvalue weighted by Crippen LogP contribution is 2.30. The van der Waals surface area contributed by atoms with E-state index in [9.17, 15) is 47.9 Å². The Bertz CT molecular complexity index is 3110. The minimum Gasteiger partial charge on any atom is -0.445 e. The molecule has 3 aliphatic rings. The maximum Gasteiger partial charge on any atom is 0.410 e. The summed E-state index contributed by atoms with van der Waals surface area (Å²) >= 11 is 0. The number of pyridine rings is 1. The van der Waals surface area contributed by atoms with Crippen LogP contribution in [0, 0.1) is 5.92 Å². The summed E-state index contributed by atoms with van der Waals surface area (Å²) in [6, 6.07) is 10.6. The predicted octanol–water partition coefficient (Wildman–Crippen LogP) is 3.35. The average molecular weight is 1260 g/mol. The minimum absolute atomic E-state index is 0.00251. The molecular weight excluding hydrogens is 1180 g/mol. The first-order chi connectivity index (χ1) is 43.8. The maximum atomic E-state index is 13.8. The van der Waals surface area contributed by atoms with Crippen LogP contribution in [0.3, 0.4) is 0 Å². The topological polar surface area (TPSA) is 376 Å². The number of aliphatic imine (C=N–C) groups is 1. The smallest absolute Gasteiger partial charge is 0.410 e. The summed E-state index contributed by atoms with van der Waals surface area (Å²) in [6.07, 6.45) is 7.76. The number of urea groups is 1. The van der Waals surface area contributed by atoms with Crippen molar-refractivity contribution >= 4 is 88.4 Å². The SMILES string of the molecule is CCCN(CCC)C(=O)C1=Cc2ccc(C(=O)Nc3cnc4c(c3)CN(C(=O)OCc3ccc(NC(=O)[C@H](CCCNC(N)=O)NC(=O)[C@@H](NC(=O)CCOCCOCCOCCOCCNC(=O)CCN5C(=O)C=CC5=O)C(C)C)cc3)CC4)cc2N=C(N)C1. The lowest BCUT2D eigenvalue weighted by atomic mass is 10.0. The first-order valence-corrected chi connectivity index (χ1v) is 30.6. The molecule has 6 rings (SSSR count). The number of ether oxygens (including phenoxy) is 5. The first-order valence-electron chi connectivity index (χ1n) is 30.6. The molecule has 0 bridgehead atoms. The second-order valence-electron chi connectivity index (χ2n) is 22.0. The number of carbonyl (C=O) groups excluding carboxylic acids is 10. The summed E-state index contributed by atoms with van der Waals surface area (Å²) in [5.74, 6) is -3.38. The molecule has 2 atom stereocenters. The standard InChI is InChI=1S/C63H85N13O15/c1-5-22-74(23-6-2)61(84)45-34-43-11-12-44(36-51(43)71-52(64)37-45)58(81)70-48-35-46-39-75(24-17-49(46)68-38-48)63(86)91-40-42-9-13-47(14-10-42)69-59(82)50(8-7-20-67-62(65)85)72-60(83)57(41(3)4)73-54(78)19-26-87-28-30-89-32-33-90-31-29-88-27-21-66-53(77)18-25-76-55(79)15-16-56(76)80/h9-16,34-36,38,41,50,57H,5-8,17-33,37,39-40H2,1-4H3,(H2,64,71)(H,66,77)(H,69,82)(H,70,81)(H,72,83)(H,73,78)(H3,65,67,85)/t50-,57-/m0/s1. The summed E-state index contributed by atoms with van der Waals surface area (Å²) in [6.45, 7) is 11.6. The van der Waals surface area contributed by atoms with Crippen LogP contribution in [0.2, 0.25) is 0 Å². The molecule has 4 heterocycles. The van der Waals surface area contributed by atoms with Gasteiger partial charge in [0.05, 0.1) is 77.0 Å². The number of aromatic nitrogens is 1. The molecule has 0 spiro atoms. The minimum atomic E-state index is -1.08. The van der Waals surface area contributed by atoms with Gasteiger partial charge in [0, 0.05) is 105 Å². The molecule has 11 amide bonds. The molecule has 10 N–H and O–H groups in total. The van der Waals surface area contributed by atoms with Gasteiger partial charge in [-0.05, 0) is 79.1 Å². The molecule has 0 radical (unpaired) electrons. The van der Waals surface area contributed by atoms with Crippen LogP contribution in [0.4, 0.5) is 26.7 Å². The summed E-state index contributed by atoms with van der Waals surface area (Å²) in [5, 5.41) is 16.3. The molecule has 0 saturated heterocycles. The van der Waals surface area contributed by atoms with Crippen LogP contribution >= 0.6 is 0 Å². The Hall–Kier alpha value is -9.12. The van der Waals surface area contributed by atoms with Gasteiger partial charge in [0.2, 0.25) is 29.5 Å². The van der Waals surface area contributed by atoms with Gasteiger partial charge in [-0.3, -0.25) is 48.2 Å². The van der Waals surface area contributed by atoms with E-state index >= 15 is 0 Å². The van der Waals surface area contributed by atoms with Gasteiger partial charge in [-0.15, -0.1) is 0 Å². The number of hydrogen-bond acceptors (Lipinski definition) is 18. The second kappa shape index (κ2) is 37.1. The molecule has 28 nitrogen and oxygen atoms in total. The van der Waals surface area contributed by atoms with Crippen molar-refractivity contribution in [3.05, 3.63) is 100 Å². The van der Waals surface area contributed by atoms with E-state index in [0.717, 1.165) is 29.0 Å². The Morgan fingerprint density at radius 1 is 0.736 bits per heavy atom. The number of nitrogens with two attached hydrogens (primary N) is 2. The number of benzene rings is 2. The molecule has 2 aromatic carbocycles. The Morgan fingerprint density at radius 3 is 2.07 bits per heavy atom. The summed E-state index contributed by atoms with van der Waals surface area (Å²) < 4.78 is 27.6. The van der Waals surface area contributed by atoms with Gasteiger partial charge in [-0.2, -0.15) is 0 Å². The average Bonchev–Trinajstić information content (AvgIpc) is 1.97. The molecule has 3 aromatic rings. The molecule has 91 heavy (non-hydrogen) atoms. The van der Waals surface area contributed by atoms with Crippen LogP contribution in [-0.4, -0.2) is 189 Å². The van der Waals surface area contributed by atoms with Gasteiger partial charge in [0.1, 0.15) is 24.5 Å². The number of fused-ring (bicyclic) bond motifs is 2. The highest BCUT2D eigenvalue weighted by molar-refractivity contribution is 6.13. The third-order valence-electron chi connectivity index (χ3n) is 14.4. The van der Waals surface area contributed by atoms with E-state index < -0.39 is 59.7 Å². The van der Waals surface area contributed by atoms with E-state index in [4.69, 9.17) is 35.2 Å². The molecule has 3 aliphatic heterocycles. The molecule has 0 fully saturated rings. The van der Waals surface area contributed by atoms with E-state index in [-0.39, 0.29) is 121 Å². The number of primary amides is 1. The van der Waals surface area contributed by atoms with Crippen molar-refractivity contribution in [3.63, 3.8) is 0 Å². The number of hydrogen-bond donors (Lipinski definition) is 8. The Labute approximate surface area is 528 Å². The van der Waals surface area contributed by atoms with Gasteiger partial charge in [-0.1, -0.05) is 45.9 Å². The number of rotatable bonds is 37. The van der Waals surface area contributed by atoms with Crippen molar-refractivity contribution in [2.75, 3.05) is 103 Å². The lowest BCUT2D eigenvalue weighted by Crippen LogP contribution is -2.54. The normalized spacial score (nSPS) is 14.0. The lowest BCUT2D eigenvalue weighted by molar-refractivity contribution is -0.137. The Kier molecular flexibility index (Phi) is 29.0. The van der Waals surface area contributed by atoms with Crippen molar-refractivity contribution in [2.45, 2.75) is 104 Å². The highest BCUT2D eigenvalue weighted by Gasteiger charge is 2.30. The van der Waals surface area contributed by atoms with Crippen molar-refractivity contribution in [1.82, 2.24) is 41.0 Å². The molecular formula is C63H85N13O15. The number of nitrogens with zero attached hydrogens (tertiary/aromatic N) is 5. The molecule has 1 aromatic heterocycles. The van der Waals surface area contributed by atoms with Crippen molar-refractivity contribution in [1.29, 1.82) is 0 Å². The number of anilines is 2. The number of amides is 11. The van der Waals surface area contributed by atoms with Crippen LogP contribution in [-0.2, 0) is 76.8 Å². The Morgan fingerprint density at radius 2 is 1.41 bits per heavy atom. The van der Waals surface area contributed by atoms with E-state index in [0.29, 0.717) is 85.2 Å². The molecule has 0 aliphatic carbocycles. The summed E-state index contributed by atoms with van der Waals surface area (Å²) in [5.41, 5.74) is 16.5. The van der Waals surface area contributed by atoms with Crippen LogP contribution in [0.15, 0.2) is 77.4 Å². The quantitative estimate of drug-likeness (QED) is 0.0303. The molecule has 28 heteroatoms.